The van der Waals surface area contributed by atoms with Gasteiger partial charge in [0.05, 0.1) is 33.7 Å². The molecule has 0 aromatic heterocycles. The number of esters is 5. The van der Waals surface area contributed by atoms with E-state index in [-0.39, 0.29) is 6.08 Å². The second kappa shape index (κ2) is 14.8. The highest BCUT2D eigenvalue weighted by Gasteiger charge is 2.70. The Morgan fingerprint density at radius 3 is 1.68 bits per heavy atom. The number of carbonyl (C=O) groups excluding carboxylic acids is 6. The Balaban J connectivity index is 1.30. The summed E-state index contributed by atoms with van der Waals surface area (Å²) in [6, 6.07) is 2.32. The van der Waals surface area contributed by atoms with Crippen LogP contribution in [-0.2, 0) is 38.0 Å². The van der Waals surface area contributed by atoms with Gasteiger partial charge in [0.15, 0.2) is 64.0 Å². The Kier molecular flexibility index (Phi) is 9.64. The smallest absolute Gasteiger partial charge is 0.340 e. The maximum absolute atomic E-state index is 14.6. The molecule has 4 aromatic rings. The summed E-state index contributed by atoms with van der Waals surface area (Å²) in [4.78, 5) is 84.8. The molecule has 5 aliphatic rings. The minimum absolute atomic E-state index is 0.264. The molecule has 1 saturated heterocycles. The van der Waals surface area contributed by atoms with Crippen LogP contribution in [0.1, 0.15) is 52.9 Å². The zero-order valence-electron chi connectivity index (χ0n) is 33.2. The molecule has 5 unspecified atom stereocenters. The molecule has 68 heavy (non-hydrogen) atoms. The number of hydrogen-bond donors (Lipinski definition) is 14. The molecule has 354 valence electrons. The van der Waals surface area contributed by atoms with Gasteiger partial charge in [-0.05, 0) is 36.4 Å². The molecule has 27 heteroatoms. The van der Waals surface area contributed by atoms with Crippen LogP contribution in [0.15, 0.2) is 42.0 Å². The topological polar surface area (TPSA) is 450 Å². The number of rotatable bonds is 2. The van der Waals surface area contributed by atoms with Crippen molar-refractivity contribution in [3.8, 4) is 80.1 Å². The number of ketones is 1. The number of ether oxygens (including phenoxy) is 7. The van der Waals surface area contributed by atoms with Crippen LogP contribution >= 0.6 is 0 Å². The highest BCUT2D eigenvalue weighted by Crippen LogP contribution is 2.59. The highest BCUT2D eigenvalue weighted by molar-refractivity contribution is 6.10. The third kappa shape index (κ3) is 6.21. The monoisotopic (exact) mass is 952 g/mol. The Morgan fingerprint density at radius 2 is 1.07 bits per heavy atom. The molecule has 7 atom stereocenters. The number of phenols is 11. The van der Waals surface area contributed by atoms with Gasteiger partial charge in [0, 0.05) is 16.7 Å². The van der Waals surface area contributed by atoms with E-state index in [0.29, 0.717) is 30.3 Å². The molecule has 6 bridgehead atoms. The fourth-order valence-electron chi connectivity index (χ4n) is 8.25. The van der Waals surface area contributed by atoms with Crippen molar-refractivity contribution in [2.45, 2.75) is 48.2 Å². The van der Waals surface area contributed by atoms with Gasteiger partial charge in [-0.1, -0.05) is 0 Å². The zero-order valence-corrected chi connectivity index (χ0v) is 33.2. The molecule has 14 N–H and O–H groups in total. The largest absolute Gasteiger partial charge is 0.504 e. The lowest BCUT2D eigenvalue weighted by atomic mass is 9.70. The summed E-state index contributed by atoms with van der Waals surface area (Å²) >= 11 is 0. The van der Waals surface area contributed by atoms with Gasteiger partial charge in [0.2, 0.25) is 35.4 Å². The summed E-state index contributed by atoms with van der Waals surface area (Å²) < 4.78 is 38.9. The number of hydrogen-bond acceptors (Lipinski definition) is 27. The molecule has 0 spiro atoms. The number of benzene rings is 4. The van der Waals surface area contributed by atoms with Gasteiger partial charge in [-0.25, -0.2) is 24.0 Å². The second-order valence-corrected chi connectivity index (χ2v) is 15.5. The summed E-state index contributed by atoms with van der Waals surface area (Å²) in [7, 11) is 0. The Morgan fingerprint density at radius 1 is 0.574 bits per heavy atom. The number of aromatic hydroxyl groups is 11. The van der Waals surface area contributed by atoms with E-state index < -0.39 is 204 Å². The van der Waals surface area contributed by atoms with E-state index in [1.54, 1.807) is 0 Å². The number of carbonyl (C=O) groups is 6. The van der Waals surface area contributed by atoms with Crippen LogP contribution < -0.4 is 4.74 Å². The maximum Gasteiger partial charge on any atom is 0.340 e. The quantitative estimate of drug-likeness (QED) is 0.0491. The minimum Gasteiger partial charge on any atom is -0.504 e. The molecule has 9 rings (SSSR count). The van der Waals surface area contributed by atoms with Crippen LogP contribution in [0.25, 0.3) is 11.1 Å². The SMILES string of the molecule is O=C1OC2C3COC(=O)c4cc(O)c(O)c(O)c4-c4c(cc(O)c(O)c4O)C(=O)OC2C(OC(=O)c2cc(O)c(O)c4c2[C@@H]2C1=CC(=O)[C@](O)(O4)C2(O)O)C(OC(=O)c1cc(O)c(O)c(O)c1)O3. The Labute approximate surface area is 373 Å². The van der Waals surface area contributed by atoms with Crippen molar-refractivity contribution in [3.63, 3.8) is 0 Å². The molecule has 4 aliphatic heterocycles. The number of fused-ring (bicyclic) bond motifs is 4. The normalized spacial score (nSPS) is 25.7. The molecule has 0 radical (unpaired) electrons. The lowest BCUT2D eigenvalue weighted by Crippen LogP contribution is -2.70. The first kappa shape index (κ1) is 44.3. The van der Waals surface area contributed by atoms with Crippen LogP contribution in [-0.4, -0.2) is 156 Å². The standard InChI is InChI=1S/C41H28O27/c42-13-1-8(2-14(43)24(13)48)34(54)67-39-33-32-30(64-38(58)12-6-19(47)41(61)40(59,60)23(12)22-11(37(57)66-33)5-17(46)27(51)31(22)68-41)18(63-39)7-62-35(55)9-3-15(44)25(49)28(52)20(9)21-10(36(56)65-32)4-16(45)26(50)29(21)53/h1-6,18,23,30,32-33,39,42-46,48-53,59-61H,7H2/t18?,23-,30?,32?,33?,39?,41-/m0/s1. The van der Waals surface area contributed by atoms with E-state index >= 15 is 0 Å². The molecular weight excluding hydrogens is 924 g/mol. The zero-order chi connectivity index (χ0) is 49.4. The van der Waals surface area contributed by atoms with E-state index in [2.05, 4.69) is 0 Å². The van der Waals surface area contributed by atoms with Crippen molar-refractivity contribution >= 4 is 35.6 Å². The van der Waals surface area contributed by atoms with Crippen molar-refractivity contribution in [1.29, 1.82) is 0 Å². The van der Waals surface area contributed by atoms with Crippen LogP contribution in [0.4, 0.5) is 0 Å². The molecule has 0 amide bonds. The van der Waals surface area contributed by atoms with Crippen molar-refractivity contribution in [3.05, 3.63) is 69.8 Å². The van der Waals surface area contributed by atoms with Crippen LogP contribution in [0.5, 0.6) is 69.0 Å². The molecular formula is C41H28O27. The minimum atomic E-state index is -3.98. The summed E-state index contributed by atoms with van der Waals surface area (Å²) in [5, 5.41) is 150. The first-order valence-corrected chi connectivity index (χ1v) is 19.1. The summed E-state index contributed by atoms with van der Waals surface area (Å²) in [5.74, 6) is -36.5. The number of phenolic OH excluding ortho intramolecular Hbond substituents is 11. The van der Waals surface area contributed by atoms with Crippen LogP contribution in [0.3, 0.4) is 0 Å². The van der Waals surface area contributed by atoms with Gasteiger partial charge in [0.25, 0.3) is 5.79 Å². The van der Waals surface area contributed by atoms with Gasteiger partial charge in [0.1, 0.15) is 12.7 Å². The second-order valence-electron chi connectivity index (χ2n) is 15.5. The first-order valence-electron chi connectivity index (χ1n) is 19.1. The van der Waals surface area contributed by atoms with Gasteiger partial charge in [-0.2, -0.15) is 0 Å². The highest BCUT2D eigenvalue weighted by atomic mass is 16.8. The maximum atomic E-state index is 14.6. The van der Waals surface area contributed by atoms with Crippen molar-refractivity contribution in [2.24, 2.45) is 0 Å². The molecule has 27 nitrogen and oxygen atoms in total. The predicted molar refractivity (Wildman–Crippen MR) is 204 cm³/mol. The Hall–Kier alpha value is -8.92. The molecule has 1 aliphatic carbocycles. The fourth-order valence-corrected chi connectivity index (χ4v) is 8.25. The van der Waals surface area contributed by atoms with E-state index in [1.807, 2.05) is 0 Å². The Bertz CT molecular complexity index is 3020. The van der Waals surface area contributed by atoms with Gasteiger partial charge < -0.3 is 105 Å². The lowest BCUT2D eigenvalue weighted by Gasteiger charge is -2.49. The van der Waals surface area contributed by atoms with E-state index in [1.165, 1.54) is 0 Å². The van der Waals surface area contributed by atoms with Crippen molar-refractivity contribution in [1.82, 2.24) is 0 Å². The molecule has 0 saturated carbocycles. The molecule has 1 fully saturated rings. The van der Waals surface area contributed by atoms with E-state index in [4.69, 9.17) is 33.2 Å². The summed E-state index contributed by atoms with van der Waals surface area (Å²) in [6.45, 7) is -1.31. The van der Waals surface area contributed by atoms with Gasteiger partial charge >= 0.3 is 35.6 Å². The third-order valence-corrected chi connectivity index (χ3v) is 11.5. The van der Waals surface area contributed by atoms with E-state index in [9.17, 15) is 100 Å². The van der Waals surface area contributed by atoms with Crippen molar-refractivity contribution < 1.29 is 133 Å². The predicted octanol–water partition coefficient (Wildman–Crippen LogP) is -1.10. The van der Waals surface area contributed by atoms with E-state index in [0.717, 1.165) is 0 Å². The third-order valence-electron chi connectivity index (χ3n) is 11.5. The number of cyclic esters (lactones) is 1. The van der Waals surface area contributed by atoms with Crippen LogP contribution in [0.2, 0.25) is 0 Å². The fraction of sp³-hybridized carbons (Fsp3) is 0.220. The number of aliphatic hydroxyl groups is 3. The summed E-state index contributed by atoms with van der Waals surface area (Å²) in [6.07, 6.45) is -12.1. The average molecular weight is 953 g/mol. The molecule has 4 aromatic carbocycles. The van der Waals surface area contributed by atoms with Gasteiger partial charge in [-0.15, -0.1) is 0 Å². The lowest BCUT2D eigenvalue weighted by molar-refractivity contribution is -0.339. The van der Waals surface area contributed by atoms with Crippen molar-refractivity contribution in [2.75, 3.05) is 6.61 Å². The first-order chi connectivity index (χ1) is 31.9. The van der Waals surface area contributed by atoms with Gasteiger partial charge in [-0.3, -0.25) is 4.79 Å². The summed E-state index contributed by atoms with van der Waals surface area (Å²) in [5.41, 5.74) is -8.48. The average Bonchev–Trinajstić information content (AvgIpc) is 3.28. The molecule has 4 heterocycles. The van der Waals surface area contributed by atoms with Crippen LogP contribution in [0, 0.1) is 0 Å².